The fourth-order valence-electron chi connectivity index (χ4n) is 3.57. The van der Waals surface area contributed by atoms with E-state index in [1.165, 1.54) is 16.8 Å². The molecule has 0 saturated carbocycles. The van der Waals surface area contributed by atoms with Crippen LogP contribution >= 0.6 is 11.3 Å². The van der Waals surface area contributed by atoms with Crippen molar-refractivity contribution in [1.29, 1.82) is 0 Å². The minimum atomic E-state index is -0.309. The fraction of sp³-hybridized carbons (Fsp3) is 0.333. The molecule has 1 aliphatic rings. The fourth-order valence-corrected chi connectivity index (χ4v) is 4.66. The largest absolute Gasteiger partial charge is 0.325 e. The van der Waals surface area contributed by atoms with Gasteiger partial charge < -0.3 is 5.32 Å². The number of hydrogen-bond acceptors (Lipinski definition) is 4. The van der Waals surface area contributed by atoms with Gasteiger partial charge in [-0.3, -0.25) is 9.69 Å². The quantitative estimate of drug-likeness (QED) is 0.714. The summed E-state index contributed by atoms with van der Waals surface area (Å²) in [5, 5.41) is 4.04. The maximum Gasteiger partial charge on any atom is 0.241 e. The standard InChI is InChI=1S/C21H22FN3OS/c1-14(20(26)23-17-10-8-16(22)9-11-17)25-12-4-5-15(13-25)21-24-18-6-2-3-7-19(18)27-21/h2-3,6-11,14-15H,4-5,12-13H2,1H3,(H,23,26)/t14-,15+/m1/s1. The molecule has 1 amide bonds. The summed E-state index contributed by atoms with van der Waals surface area (Å²) in [7, 11) is 0. The Labute approximate surface area is 162 Å². The number of benzene rings is 2. The van der Waals surface area contributed by atoms with Crippen LogP contribution < -0.4 is 5.32 Å². The third kappa shape index (κ3) is 4.01. The van der Waals surface area contributed by atoms with Crippen molar-refractivity contribution in [2.75, 3.05) is 18.4 Å². The maximum atomic E-state index is 13.0. The number of piperidine rings is 1. The molecule has 0 radical (unpaired) electrons. The summed E-state index contributed by atoms with van der Waals surface area (Å²) < 4.78 is 14.2. The van der Waals surface area contributed by atoms with Crippen LogP contribution in [0, 0.1) is 5.82 Å². The van der Waals surface area contributed by atoms with Gasteiger partial charge in [0.1, 0.15) is 5.82 Å². The van der Waals surface area contributed by atoms with E-state index in [2.05, 4.69) is 22.3 Å². The maximum absolute atomic E-state index is 13.0. The lowest BCUT2D eigenvalue weighted by atomic mass is 9.97. The zero-order valence-electron chi connectivity index (χ0n) is 15.2. The van der Waals surface area contributed by atoms with Crippen molar-refractivity contribution < 1.29 is 9.18 Å². The summed E-state index contributed by atoms with van der Waals surface area (Å²) in [6.45, 7) is 3.66. The topological polar surface area (TPSA) is 45.2 Å². The number of thiazole rings is 1. The normalized spacial score (nSPS) is 19.1. The molecule has 1 fully saturated rings. The second kappa shape index (κ2) is 7.74. The molecule has 0 unspecified atom stereocenters. The van der Waals surface area contributed by atoms with Crippen LogP contribution in [0.15, 0.2) is 48.5 Å². The van der Waals surface area contributed by atoms with Gasteiger partial charge >= 0.3 is 0 Å². The van der Waals surface area contributed by atoms with Crippen LogP contribution in [-0.2, 0) is 4.79 Å². The van der Waals surface area contributed by atoms with E-state index < -0.39 is 0 Å². The Morgan fingerprint density at radius 3 is 2.81 bits per heavy atom. The Morgan fingerprint density at radius 1 is 1.26 bits per heavy atom. The van der Waals surface area contributed by atoms with Gasteiger partial charge in [-0.2, -0.15) is 0 Å². The van der Waals surface area contributed by atoms with Crippen molar-refractivity contribution in [2.45, 2.75) is 31.7 Å². The zero-order chi connectivity index (χ0) is 18.8. The molecule has 1 saturated heterocycles. The van der Waals surface area contributed by atoms with E-state index in [1.54, 1.807) is 23.5 Å². The summed E-state index contributed by atoms with van der Waals surface area (Å²) in [6, 6.07) is 13.8. The Bertz CT molecular complexity index is 907. The summed E-state index contributed by atoms with van der Waals surface area (Å²) >= 11 is 1.76. The van der Waals surface area contributed by atoms with Crippen molar-refractivity contribution in [2.24, 2.45) is 0 Å². The Kier molecular flexibility index (Phi) is 5.18. The van der Waals surface area contributed by atoms with Gasteiger partial charge in [-0.25, -0.2) is 9.37 Å². The monoisotopic (exact) mass is 383 g/mol. The first-order valence-corrected chi connectivity index (χ1v) is 10.1. The van der Waals surface area contributed by atoms with Crippen molar-refractivity contribution in [3.05, 3.63) is 59.4 Å². The van der Waals surface area contributed by atoms with Crippen LogP contribution in [0.3, 0.4) is 0 Å². The lowest BCUT2D eigenvalue weighted by Gasteiger charge is -2.35. The highest BCUT2D eigenvalue weighted by atomic mass is 32.1. The SMILES string of the molecule is C[C@H](C(=O)Nc1ccc(F)cc1)N1CCC[C@H](c2nc3ccccc3s2)C1. The van der Waals surface area contributed by atoms with Crippen molar-refractivity contribution in [1.82, 2.24) is 9.88 Å². The molecule has 2 atom stereocenters. The third-order valence-electron chi connectivity index (χ3n) is 5.15. The highest BCUT2D eigenvalue weighted by molar-refractivity contribution is 7.18. The number of likely N-dealkylation sites (tertiary alicyclic amines) is 1. The average Bonchev–Trinajstić information content (AvgIpc) is 3.13. The number of fused-ring (bicyclic) bond motifs is 1. The van der Waals surface area contributed by atoms with Crippen LogP contribution in [0.1, 0.15) is 30.7 Å². The van der Waals surface area contributed by atoms with Gasteiger partial charge in [0, 0.05) is 18.2 Å². The van der Waals surface area contributed by atoms with Crippen LogP contribution in [0.2, 0.25) is 0 Å². The first-order valence-electron chi connectivity index (χ1n) is 9.26. The smallest absolute Gasteiger partial charge is 0.241 e. The molecular formula is C21H22FN3OS. The minimum absolute atomic E-state index is 0.0634. The summed E-state index contributed by atoms with van der Waals surface area (Å²) in [6.07, 6.45) is 2.15. The van der Waals surface area contributed by atoms with Gasteiger partial charge in [-0.05, 0) is 62.7 Å². The van der Waals surface area contributed by atoms with Crippen molar-refractivity contribution in [3.63, 3.8) is 0 Å². The number of nitrogens with zero attached hydrogens (tertiary/aromatic N) is 2. The molecule has 6 heteroatoms. The summed E-state index contributed by atoms with van der Waals surface area (Å²) in [4.78, 5) is 19.6. The molecule has 4 nitrogen and oxygen atoms in total. The predicted molar refractivity (Wildman–Crippen MR) is 108 cm³/mol. The molecule has 0 spiro atoms. The molecule has 0 aliphatic carbocycles. The molecule has 2 heterocycles. The molecule has 140 valence electrons. The molecule has 27 heavy (non-hydrogen) atoms. The Hall–Kier alpha value is -2.31. The van der Waals surface area contributed by atoms with E-state index in [9.17, 15) is 9.18 Å². The summed E-state index contributed by atoms with van der Waals surface area (Å²) in [5.74, 6) is -0.0143. The highest BCUT2D eigenvalue weighted by Gasteiger charge is 2.29. The van der Waals surface area contributed by atoms with Gasteiger partial charge in [0.05, 0.1) is 21.3 Å². The van der Waals surface area contributed by atoms with Crippen LogP contribution in [0.25, 0.3) is 10.2 Å². The molecule has 4 rings (SSSR count). The number of anilines is 1. The Balaban J connectivity index is 1.43. The molecule has 1 aliphatic heterocycles. The molecular weight excluding hydrogens is 361 g/mol. The number of aromatic nitrogens is 1. The molecule has 1 N–H and O–H groups in total. The number of amides is 1. The second-order valence-electron chi connectivity index (χ2n) is 7.03. The van der Waals surface area contributed by atoms with Gasteiger partial charge in [0.15, 0.2) is 0 Å². The van der Waals surface area contributed by atoms with E-state index >= 15 is 0 Å². The number of halogens is 1. The van der Waals surface area contributed by atoms with E-state index in [4.69, 9.17) is 4.98 Å². The molecule has 1 aromatic heterocycles. The van der Waals surface area contributed by atoms with Gasteiger partial charge in [-0.15, -0.1) is 11.3 Å². The van der Waals surface area contributed by atoms with Gasteiger partial charge in [0.25, 0.3) is 0 Å². The molecule has 0 bridgehead atoms. The van der Waals surface area contributed by atoms with Crippen LogP contribution in [0.4, 0.5) is 10.1 Å². The van der Waals surface area contributed by atoms with Crippen LogP contribution in [-0.4, -0.2) is 34.9 Å². The third-order valence-corrected chi connectivity index (χ3v) is 6.35. The second-order valence-corrected chi connectivity index (χ2v) is 8.09. The minimum Gasteiger partial charge on any atom is -0.325 e. The predicted octanol–water partition coefficient (Wildman–Crippen LogP) is 4.64. The zero-order valence-corrected chi connectivity index (χ0v) is 16.0. The lowest BCUT2D eigenvalue weighted by molar-refractivity contribution is -0.121. The average molecular weight is 383 g/mol. The lowest BCUT2D eigenvalue weighted by Crippen LogP contribution is -2.46. The highest BCUT2D eigenvalue weighted by Crippen LogP contribution is 2.33. The van der Waals surface area contributed by atoms with Crippen LogP contribution in [0.5, 0.6) is 0 Å². The van der Waals surface area contributed by atoms with Crippen molar-refractivity contribution in [3.8, 4) is 0 Å². The van der Waals surface area contributed by atoms with E-state index in [-0.39, 0.29) is 17.8 Å². The van der Waals surface area contributed by atoms with E-state index in [0.717, 1.165) is 36.5 Å². The molecule has 2 aromatic carbocycles. The van der Waals surface area contributed by atoms with Gasteiger partial charge in [0.2, 0.25) is 5.91 Å². The van der Waals surface area contributed by atoms with Gasteiger partial charge in [-0.1, -0.05) is 12.1 Å². The van der Waals surface area contributed by atoms with Crippen molar-refractivity contribution >= 4 is 33.1 Å². The number of nitrogens with one attached hydrogen (secondary N) is 1. The number of rotatable bonds is 4. The number of carbonyl (C=O) groups is 1. The Morgan fingerprint density at radius 2 is 2.04 bits per heavy atom. The van der Waals surface area contributed by atoms with E-state index in [1.807, 2.05) is 19.1 Å². The molecule has 3 aromatic rings. The number of para-hydroxylation sites is 1. The first kappa shape index (κ1) is 18.1. The van der Waals surface area contributed by atoms with E-state index in [0.29, 0.717) is 11.6 Å². The number of hydrogen-bond donors (Lipinski definition) is 1. The summed E-state index contributed by atoms with van der Waals surface area (Å²) in [5.41, 5.74) is 1.67. The first-order chi connectivity index (χ1) is 13.1. The number of carbonyl (C=O) groups excluding carboxylic acids is 1.